The molecule has 0 spiro atoms. The number of rotatable bonds is 2. The Bertz CT molecular complexity index is 414. The SMILES string of the molecule is CN[C@@H]1CCN(C(=O)Nc2ccccc2Cl)C1.Cl. The van der Waals surface area contributed by atoms with Crippen LogP contribution in [0.4, 0.5) is 10.5 Å². The first-order valence-corrected chi connectivity index (χ1v) is 6.06. The molecule has 4 nitrogen and oxygen atoms in total. The molecule has 0 saturated carbocycles. The largest absolute Gasteiger partial charge is 0.323 e. The van der Waals surface area contributed by atoms with E-state index in [-0.39, 0.29) is 18.4 Å². The third-order valence-corrected chi connectivity index (χ3v) is 3.33. The molecule has 1 atom stereocenters. The van der Waals surface area contributed by atoms with Gasteiger partial charge in [-0.05, 0) is 25.6 Å². The Balaban J connectivity index is 0.00000162. The summed E-state index contributed by atoms with van der Waals surface area (Å²) in [5, 5.41) is 6.56. The molecule has 1 aliphatic rings. The van der Waals surface area contributed by atoms with Crippen LogP contribution in [0.5, 0.6) is 0 Å². The van der Waals surface area contributed by atoms with Crippen LogP contribution in [0.15, 0.2) is 24.3 Å². The summed E-state index contributed by atoms with van der Waals surface area (Å²) in [6.45, 7) is 1.52. The molecule has 1 aliphatic heterocycles. The molecule has 1 aromatic carbocycles. The zero-order chi connectivity index (χ0) is 12.3. The van der Waals surface area contributed by atoms with Crippen LogP contribution in [0.1, 0.15) is 6.42 Å². The summed E-state index contributed by atoms with van der Waals surface area (Å²) < 4.78 is 0. The summed E-state index contributed by atoms with van der Waals surface area (Å²) in [5.41, 5.74) is 0.659. The van der Waals surface area contributed by atoms with E-state index in [1.807, 2.05) is 19.2 Å². The molecule has 100 valence electrons. The van der Waals surface area contributed by atoms with E-state index < -0.39 is 0 Å². The lowest BCUT2D eigenvalue weighted by molar-refractivity contribution is 0.221. The number of para-hydroxylation sites is 1. The first-order valence-electron chi connectivity index (χ1n) is 5.68. The molecule has 6 heteroatoms. The van der Waals surface area contributed by atoms with Crippen LogP contribution in [0, 0.1) is 0 Å². The van der Waals surface area contributed by atoms with Crippen molar-refractivity contribution in [1.29, 1.82) is 0 Å². The summed E-state index contributed by atoms with van der Waals surface area (Å²) in [4.78, 5) is 13.8. The first-order chi connectivity index (χ1) is 8.20. The van der Waals surface area contributed by atoms with Gasteiger partial charge in [-0.3, -0.25) is 0 Å². The van der Waals surface area contributed by atoms with Gasteiger partial charge in [-0.15, -0.1) is 12.4 Å². The van der Waals surface area contributed by atoms with Crippen molar-refractivity contribution in [1.82, 2.24) is 10.2 Å². The maximum atomic E-state index is 12.0. The van der Waals surface area contributed by atoms with Gasteiger partial charge in [-0.2, -0.15) is 0 Å². The summed E-state index contributed by atoms with van der Waals surface area (Å²) in [6, 6.07) is 7.55. The number of likely N-dealkylation sites (tertiary alicyclic amines) is 1. The third kappa shape index (κ3) is 3.51. The minimum atomic E-state index is -0.0872. The fourth-order valence-electron chi connectivity index (χ4n) is 1.94. The first kappa shape index (κ1) is 15.1. The number of likely N-dealkylation sites (N-methyl/N-ethyl adjacent to an activating group) is 1. The van der Waals surface area contributed by atoms with Crippen molar-refractivity contribution in [3.63, 3.8) is 0 Å². The highest BCUT2D eigenvalue weighted by atomic mass is 35.5. The van der Waals surface area contributed by atoms with E-state index in [1.54, 1.807) is 17.0 Å². The fourth-order valence-corrected chi connectivity index (χ4v) is 2.12. The highest BCUT2D eigenvalue weighted by Gasteiger charge is 2.25. The van der Waals surface area contributed by atoms with E-state index in [2.05, 4.69) is 10.6 Å². The topological polar surface area (TPSA) is 44.4 Å². The minimum absolute atomic E-state index is 0. The smallest absolute Gasteiger partial charge is 0.321 e. The van der Waals surface area contributed by atoms with Gasteiger partial charge >= 0.3 is 6.03 Å². The molecule has 0 aromatic heterocycles. The standard InChI is InChI=1S/C12H16ClN3O.ClH/c1-14-9-6-7-16(8-9)12(17)15-11-5-3-2-4-10(11)13;/h2-5,9,14H,6-8H2,1H3,(H,15,17);1H/t9-;/m1./s1. The van der Waals surface area contributed by atoms with Gasteiger partial charge in [0, 0.05) is 19.1 Å². The van der Waals surface area contributed by atoms with Crippen molar-refractivity contribution in [2.45, 2.75) is 12.5 Å². The molecular weight excluding hydrogens is 273 g/mol. The van der Waals surface area contributed by atoms with Crippen molar-refractivity contribution >= 4 is 35.7 Å². The van der Waals surface area contributed by atoms with Gasteiger partial charge in [0.1, 0.15) is 0 Å². The Kier molecular flexibility index (Phi) is 5.72. The van der Waals surface area contributed by atoms with E-state index in [4.69, 9.17) is 11.6 Å². The normalized spacial score (nSPS) is 18.3. The van der Waals surface area contributed by atoms with Crippen molar-refractivity contribution in [3.05, 3.63) is 29.3 Å². The zero-order valence-electron chi connectivity index (χ0n) is 10.1. The number of nitrogens with one attached hydrogen (secondary N) is 2. The van der Waals surface area contributed by atoms with Crippen LogP contribution in [-0.4, -0.2) is 37.1 Å². The number of carbonyl (C=O) groups excluding carboxylic acids is 1. The molecular formula is C12H17Cl2N3O. The van der Waals surface area contributed by atoms with Crippen LogP contribution in [-0.2, 0) is 0 Å². The Labute approximate surface area is 118 Å². The molecule has 1 aromatic rings. The Morgan fingerprint density at radius 3 is 2.78 bits per heavy atom. The second kappa shape index (κ2) is 6.83. The summed E-state index contributed by atoms with van der Waals surface area (Å²) in [7, 11) is 1.92. The van der Waals surface area contributed by atoms with Gasteiger partial charge in [-0.1, -0.05) is 23.7 Å². The van der Waals surface area contributed by atoms with Gasteiger partial charge in [0.15, 0.2) is 0 Å². The van der Waals surface area contributed by atoms with Crippen LogP contribution in [0.25, 0.3) is 0 Å². The molecule has 0 unspecified atom stereocenters. The predicted molar refractivity (Wildman–Crippen MR) is 76.8 cm³/mol. The molecule has 0 bridgehead atoms. The molecule has 1 saturated heterocycles. The molecule has 18 heavy (non-hydrogen) atoms. The lowest BCUT2D eigenvalue weighted by Crippen LogP contribution is -2.36. The molecule has 0 radical (unpaired) electrons. The molecule has 0 aliphatic carbocycles. The second-order valence-corrected chi connectivity index (χ2v) is 4.54. The van der Waals surface area contributed by atoms with Gasteiger partial charge in [0.2, 0.25) is 0 Å². The van der Waals surface area contributed by atoms with Crippen molar-refractivity contribution < 1.29 is 4.79 Å². The maximum Gasteiger partial charge on any atom is 0.321 e. The molecule has 1 heterocycles. The number of benzene rings is 1. The fraction of sp³-hybridized carbons (Fsp3) is 0.417. The Morgan fingerprint density at radius 2 is 2.17 bits per heavy atom. The van der Waals surface area contributed by atoms with Crippen LogP contribution < -0.4 is 10.6 Å². The number of urea groups is 1. The minimum Gasteiger partial charge on any atom is -0.323 e. The molecule has 1 fully saturated rings. The average Bonchev–Trinajstić information content (AvgIpc) is 2.81. The second-order valence-electron chi connectivity index (χ2n) is 4.13. The van der Waals surface area contributed by atoms with Crippen LogP contribution in [0.2, 0.25) is 5.02 Å². The lowest BCUT2D eigenvalue weighted by atomic mass is 10.3. The highest BCUT2D eigenvalue weighted by Crippen LogP contribution is 2.21. The summed E-state index contributed by atoms with van der Waals surface area (Å²) in [5.74, 6) is 0. The van der Waals surface area contributed by atoms with E-state index in [1.165, 1.54) is 0 Å². The van der Waals surface area contributed by atoms with Gasteiger partial charge in [-0.25, -0.2) is 4.79 Å². The van der Waals surface area contributed by atoms with E-state index >= 15 is 0 Å². The quantitative estimate of drug-likeness (QED) is 0.879. The lowest BCUT2D eigenvalue weighted by Gasteiger charge is -2.17. The monoisotopic (exact) mass is 289 g/mol. The number of amides is 2. The number of carbonyl (C=O) groups is 1. The van der Waals surface area contributed by atoms with Crippen molar-refractivity contribution in [2.24, 2.45) is 0 Å². The van der Waals surface area contributed by atoms with Gasteiger partial charge in [0.05, 0.1) is 10.7 Å². The van der Waals surface area contributed by atoms with E-state index in [0.29, 0.717) is 16.8 Å². The van der Waals surface area contributed by atoms with Crippen molar-refractivity contribution in [3.8, 4) is 0 Å². The number of hydrogen-bond acceptors (Lipinski definition) is 2. The Hall–Kier alpha value is -0.970. The van der Waals surface area contributed by atoms with Gasteiger partial charge in [0.25, 0.3) is 0 Å². The van der Waals surface area contributed by atoms with E-state index in [9.17, 15) is 4.79 Å². The number of hydrogen-bond donors (Lipinski definition) is 2. The third-order valence-electron chi connectivity index (χ3n) is 3.00. The van der Waals surface area contributed by atoms with Crippen LogP contribution in [0.3, 0.4) is 0 Å². The predicted octanol–water partition coefficient (Wildman–Crippen LogP) is 2.59. The highest BCUT2D eigenvalue weighted by molar-refractivity contribution is 6.33. The summed E-state index contributed by atoms with van der Waals surface area (Å²) in [6.07, 6.45) is 0.993. The number of halogens is 2. The van der Waals surface area contributed by atoms with Gasteiger partial charge < -0.3 is 15.5 Å². The molecule has 2 rings (SSSR count). The number of anilines is 1. The molecule has 2 N–H and O–H groups in total. The maximum absolute atomic E-state index is 12.0. The zero-order valence-corrected chi connectivity index (χ0v) is 11.7. The molecule has 2 amide bonds. The van der Waals surface area contributed by atoms with Crippen LogP contribution >= 0.6 is 24.0 Å². The summed E-state index contributed by atoms with van der Waals surface area (Å²) >= 11 is 5.99. The van der Waals surface area contributed by atoms with E-state index in [0.717, 1.165) is 19.5 Å². The Morgan fingerprint density at radius 1 is 1.44 bits per heavy atom. The average molecular weight is 290 g/mol. The van der Waals surface area contributed by atoms with Crippen molar-refractivity contribution in [2.75, 3.05) is 25.5 Å². The number of nitrogens with zero attached hydrogens (tertiary/aromatic N) is 1.